The Morgan fingerprint density at radius 3 is 2.56 bits per heavy atom. The average molecular weight is 226 g/mol. The lowest BCUT2D eigenvalue weighted by Gasteiger charge is -2.15. The third kappa shape index (κ3) is 2.80. The van der Waals surface area contributed by atoms with Crippen LogP contribution in [-0.2, 0) is 17.9 Å². The monoisotopic (exact) mass is 226 g/mol. The van der Waals surface area contributed by atoms with Gasteiger partial charge in [-0.1, -0.05) is 19.1 Å². The summed E-state index contributed by atoms with van der Waals surface area (Å²) in [6, 6.07) is 0.420. The first kappa shape index (κ1) is 13.1. The van der Waals surface area contributed by atoms with Gasteiger partial charge in [0.05, 0.1) is 18.3 Å². The van der Waals surface area contributed by atoms with Gasteiger partial charge in [0.15, 0.2) is 0 Å². The first-order valence-electron chi connectivity index (χ1n) is 5.84. The lowest BCUT2D eigenvalue weighted by Crippen LogP contribution is -2.15. The van der Waals surface area contributed by atoms with Gasteiger partial charge in [0, 0.05) is 13.7 Å². The van der Waals surface area contributed by atoms with Gasteiger partial charge in [-0.3, -0.25) is 0 Å². The van der Waals surface area contributed by atoms with Gasteiger partial charge < -0.3 is 10.1 Å². The second-order valence-corrected chi connectivity index (χ2v) is 3.86. The van der Waals surface area contributed by atoms with Gasteiger partial charge >= 0.3 is 0 Å². The zero-order valence-corrected chi connectivity index (χ0v) is 10.7. The summed E-state index contributed by atoms with van der Waals surface area (Å²) in [6.45, 7) is 5.65. The molecule has 5 nitrogen and oxygen atoms in total. The normalized spacial score (nSPS) is 11.3. The Bertz CT molecular complexity index is 307. The van der Waals surface area contributed by atoms with Crippen LogP contribution in [0, 0.1) is 0 Å². The van der Waals surface area contributed by atoms with E-state index in [0.717, 1.165) is 30.8 Å². The smallest absolute Gasteiger partial charge is 0.102 e. The summed E-state index contributed by atoms with van der Waals surface area (Å²) in [5.41, 5.74) is 2.07. The first-order chi connectivity index (χ1) is 7.78. The Labute approximate surface area is 97.2 Å². The van der Waals surface area contributed by atoms with Gasteiger partial charge in [-0.05, 0) is 19.9 Å². The maximum atomic E-state index is 5.22. The molecule has 0 saturated heterocycles. The number of rotatable bonds is 7. The van der Waals surface area contributed by atoms with Crippen molar-refractivity contribution in [1.82, 2.24) is 20.3 Å². The van der Waals surface area contributed by atoms with Gasteiger partial charge in [-0.2, -0.15) is 0 Å². The Hall–Kier alpha value is -0.940. The molecule has 1 aromatic heterocycles. The molecule has 0 aliphatic heterocycles. The second kappa shape index (κ2) is 6.60. The maximum absolute atomic E-state index is 5.22. The maximum Gasteiger partial charge on any atom is 0.102 e. The van der Waals surface area contributed by atoms with E-state index >= 15 is 0 Å². The van der Waals surface area contributed by atoms with Crippen molar-refractivity contribution >= 4 is 0 Å². The highest BCUT2D eigenvalue weighted by Crippen LogP contribution is 2.19. The standard InChI is InChI=1S/C11H22N4O/c1-5-9(6-2)15-11(8-16-4)10(7-12-3)13-14-15/h9,12H,5-8H2,1-4H3. The fourth-order valence-electron chi connectivity index (χ4n) is 1.87. The molecule has 0 aliphatic carbocycles. The Morgan fingerprint density at radius 2 is 2.06 bits per heavy atom. The molecule has 0 bridgehead atoms. The third-order valence-electron chi connectivity index (χ3n) is 2.79. The molecule has 0 fully saturated rings. The molecule has 0 radical (unpaired) electrons. The van der Waals surface area contributed by atoms with Gasteiger partial charge in [-0.15, -0.1) is 5.10 Å². The molecule has 0 unspecified atom stereocenters. The minimum absolute atomic E-state index is 0.420. The van der Waals surface area contributed by atoms with E-state index in [9.17, 15) is 0 Å². The first-order valence-corrected chi connectivity index (χ1v) is 5.84. The van der Waals surface area contributed by atoms with Crippen LogP contribution in [0.4, 0.5) is 0 Å². The zero-order valence-electron chi connectivity index (χ0n) is 10.7. The number of methoxy groups -OCH3 is 1. The summed E-state index contributed by atoms with van der Waals surface area (Å²) in [4.78, 5) is 0. The van der Waals surface area contributed by atoms with Crippen LogP contribution in [0.5, 0.6) is 0 Å². The highest BCUT2D eigenvalue weighted by Gasteiger charge is 2.17. The van der Waals surface area contributed by atoms with E-state index in [1.54, 1.807) is 7.11 Å². The molecule has 92 valence electrons. The quantitative estimate of drug-likeness (QED) is 0.765. The van der Waals surface area contributed by atoms with Crippen LogP contribution in [0.1, 0.15) is 44.1 Å². The number of hydrogen-bond donors (Lipinski definition) is 1. The molecule has 0 saturated carbocycles. The SMILES string of the molecule is CCC(CC)n1nnc(CNC)c1COC. The van der Waals surface area contributed by atoms with Crippen molar-refractivity contribution in [3.8, 4) is 0 Å². The summed E-state index contributed by atoms with van der Waals surface area (Å²) in [7, 11) is 3.61. The van der Waals surface area contributed by atoms with Crippen LogP contribution in [0.3, 0.4) is 0 Å². The van der Waals surface area contributed by atoms with E-state index in [1.807, 2.05) is 11.7 Å². The molecule has 0 amide bonds. The Balaban J connectivity index is 2.98. The fraction of sp³-hybridized carbons (Fsp3) is 0.818. The number of hydrogen-bond acceptors (Lipinski definition) is 4. The van der Waals surface area contributed by atoms with Gasteiger partial charge in [0.2, 0.25) is 0 Å². The highest BCUT2D eigenvalue weighted by molar-refractivity contribution is 5.10. The minimum Gasteiger partial charge on any atom is -0.378 e. The molecular weight excluding hydrogens is 204 g/mol. The number of ether oxygens (including phenoxy) is 1. The average Bonchev–Trinajstić information content (AvgIpc) is 2.66. The summed E-state index contributed by atoms with van der Waals surface area (Å²) in [6.07, 6.45) is 2.13. The summed E-state index contributed by atoms with van der Waals surface area (Å²) in [5, 5.41) is 11.6. The predicted octanol–water partition coefficient (Wildman–Crippen LogP) is 1.50. The zero-order chi connectivity index (χ0) is 12.0. The van der Waals surface area contributed by atoms with E-state index in [-0.39, 0.29) is 0 Å². The van der Waals surface area contributed by atoms with Crippen molar-refractivity contribution in [3.05, 3.63) is 11.4 Å². The van der Waals surface area contributed by atoms with Crippen molar-refractivity contribution in [2.75, 3.05) is 14.2 Å². The second-order valence-electron chi connectivity index (χ2n) is 3.86. The van der Waals surface area contributed by atoms with Gasteiger partial charge in [0.1, 0.15) is 5.69 Å². The summed E-state index contributed by atoms with van der Waals surface area (Å²) < 4.78 is 7.23. The van der Waals surface area contributed by atoms with Gasteiger partial charge in [0.25, 0.3) is 0 Å². The van der Waals surface area contributed by atoms with E-state index in [1.165, 1.54) is 0 Å². The van der Waals surface area contributed by atoms with Crippen molar-refractivity contribution in [2.45, 2.75) is 45.9 Å². The topological polar surface area (TPSA) is 52.0 Å². The minimum atomic E-state index is 0.420. The molecule has 0 aromatic carbocycles. The number of aromatic nitrogens is 3. The number of nitrogens with one attached hydrogen (secondary N) is 1. The lowest BCUT2D eigenvalue weighted by molar-refractivity contribution is 0.172. The van der Waals surface area contributed by atoms with E-state index < -0.39 is 0 Å². The van der Waals surface area contributed by atoms with Crippen molar-refractivity contribution in [2.24, 2.45) is 0 Å². The third-order valence-corrected chi connectivity index (χ3v) is 2.79. The molecule has 1 aromatic rings. The van der Waals surface area contributed by atoms with Crippen LogP contribution in [-0.4, -0.2) is 29.2 Å². The number of nitrogens with zero attached hydrogens (tertiary/aromatic N) is 3. The molecule has 1 heterocycles. The molecular formula is C11H22N4O. The van der Waals surface area contributed by atoms with E-state index in [2.05, 4.69) is 29.5 Å². The molecule has 16 heavy (non-hydrogen) atoms. The van der Waals surface area contributed by atoms with E-state index in [0.29, 0.717) is 12.6 Å². The van der Waals surface area contributed by atoms with E-state index in [4.69, 9.17) is 4.74 Å². The predicted molar refractivity (Wildman–Crippen MR) is 63.1 cm³/mol. The summed E-state index contributed by atoms with van der Waals surface area (Å²) in [5.74, 6) is 0. The fourth-order valence-corrected chi connectivity index (χ4v) is 1.87. The van der Waals surface area contributed by atoms with Crippen LogP contribution in [0.2, 0.25) is 0 Å². The van der Waals surface area contributed by atoms with Crippen molar-refractivity contribution in [1.29, 1.82) is 0 Å². The molecule has 0 aliphatic rings. The Kier molecular flexibility index (Phi) is 5.42. The van der Waals surface area contributed by atoms with Crippen LogP contribution >= 0.6 is 0 Å². The largest absolute Gasteiger partial charge is 0.378 e. The van der Waals surface area contributed by atoms with Crippen LogP contribution in [0.25, 0.3) is 0 Å². The molecule has 0 spiro atoms. The molecule has 1 N–H and O–H groups in total. The molecule has 5 heteroatoms. The van der Waals surface area contributed by atoms with Gasteiger partial charge in [-0.25, -0.2) is 4.68 Å². The van der Waals surface area contributed by atoms with Crippen molar-refractivity contribution < 1.29 is 4.74 Å². The highest BCUT2D eigenvalue weighted by atomic mass is 16.5. The molecule has 0 atom stereocenters. The van der Waals surface area contributed by atoms with Crippen molar-refractivity contribution in [3.63, 3.8) is 0 Å². The Morgan fingerprint density at radius 1 is 1.38 bits per heavy atom. The van der Waals surface area contributed by atoms with Crippen LogP contribution in [0.15, 0.2) is 0 Å². The lowest BCUT2D eigenvalue weighted by atomic mass is 10.1. The van der Waals surface area contributed by atoms with Crippen LogP contribution < -0.4 is 5.32 Å². The molecule has 1 rings (SSSR count). The summed E-state index contributed by atoms with van der Waals surface area (Å²) >= 11 is 0.